The summed E-state index contributed by atoms with van der Waals surface area (Å²) in [5, 5.41) is 0. The first-order valence-corrected chi connectivity index (χ1v) is 11.1. The highest BCUT2D eigenvalue weighted by Crippen LogP contribution is 2.29. The monoisotopic (exact) mass is 413 g/mol. The molecule has 4 rings (SSSR count). The van der Waals surface area contributed by atoms with Gasteiger partial charge in [0.1, 0.15) is 5.75 Å². The molecule has 1 aliphatic carbocycles. The van der Waals surface area contributed by atoms with E-state index in [4.69, 9.17) is 4.74 Å². The van der Waals surface area contributed by atoms with E-state index in [1.807, 2.05) is 34.1 Å². The summed E-state index contributed by atoms with van der Waals surface area (Å²) >= 11 is 0. The first kappa shape index (κ1) is 20.7. The van der Waals surface area contributed by atoms with E-state index in [0.717, 1.165) is 31.4 Å². The SMILES string of the molecule is COc1cccc(N2CC(C(=O)N3CCN(C(=O)C4CCCCC4)CC3)CC2=O)c1. The molecule has 30 heavy (non-hydrogen) atoms. The Morgan fingerprint density at radius 1 is 0.933 bits per heavy atom. The number of hydrogen-bond acceptors (Lipinski definition) is 4. The van der Waals surface area contributed by atoms with Crippen molar-refractivity contribution in [2.75, 3.05) is 44.7 Å². The van der Waals surface area contributed by atoms with Crippen LogP contribution in [0.5, 0.6) is 5.75 Å². The Morgan fingerprint density at radius 2 is 1.57 bits per heavy atom. The van der Waals surface area contributed by atoms with Crippen LogP contribution < -0.4 is 9.64 Å². The van der Waals surface area contributed by atoms with Crippen LogP contribution in [0.1, 0.15) is 38.5 Å². The highest BCUT2D eigenvalue weighted by Gasteiger charge is 2.38. The van der Waals surface area contributed by atoms with Gasteiger partial charge in [-0.3, -0.25) is 14.4 Å². The van der Waals surface area contributed by atoms with Crippen molar-refractivity contribution in [1.29, 1.82) is 0 Å². The van der Waals surface area contributed by atoms with Gasteiger partial charge in [0.25, 0.3) is 0 Å². The smallest absolute Gasteiger partial charge is 0.228 e. The van der Waals surface area contributed by atoms with Crippen LogP contribution in [0.15, 0.2) is 24.3 Å². The molecule has 2 saturated heterocycles. The molecule has 1 aromatic rings. The first-order chi connectivity index (χ1) is 14.6. The molecule has 3 amide bonds. The molecule has 162 valence electrons. The lowest BCUT2D eigenvalue weighted by atomic mass is 9.88. The van der Waals surface area contributed by atoms with Crippen LogP contribution in [0.25, 0.3) is 0 Å². The standard InChI is InChI=1S/C23H31N3O4/c1-30-20-9-5-8-19(15-20)26-16-18(14-21(26)27)23(29)25-12-10-24(11-13-25)22(28)17-6-3-2-4-7-17/h5,8-9,15,17-18H,2-4,6-7,10-14,16H2,1H3. The Kier molecular flexibility index (Phi) is 6.25. The van der Waals surface area contributed by atoms with Crippen molar-refractivity contribution < 1.29 is 19.1 Å². The van der Waals surface area contributed by atoms with Gasteiger partial charge in [0.2, 0.25) is 17.7 Å². The summed E-state index contributed by atoms with van der Waals surface area (Å²) in [6, 6.07) is 7.36. The molecule has 7 heteroatoms. The molecule has 2 heterocycles. The number of carbonyl (C=O) groups is 3. The van der Waals surface area contributed by atoms with Crippen LogP contribution in [-0.2, 0) is 14.4 Å². The molecular weight excluding hydrogens is 382 g/mol. The van der Waals surface area contributed by atoms with E-state index in [9.17, 15) is 14.4 Å². The van der Waals surface area contributed by atoms with Crippen molar-refractivity contribution in [3.05, 3.63) is 24.3 Å². The summed E-state index contributed by atoms with van der Waals surface area (Å²) in [4.78, 5) is 43.8. The predicted molar refractivity (Wildman–Crippen MR) is 113 cm³/mol. The third-order valence-corrected chi connectivity index (χ3v) is 6.70. The molecule has 2 aliphatic heterocycles. The zero-order valence-corrected chi connectivity index (χ0v) is 17.7. The average Bonchev–Trinajstić information content (AvgIpc) is 3.20. The second-order valence-electron chi connectivity index (χ2n) is 8.59. The maximum atomic E-state index is 13.0. The van der Waals surface area contributed by atoms with Gasteiger partial charge in [0.15, 0.2) is 0 Å². The lowest BCUT2D eigenvalue weighted by Gasteiger charge is -2.38. The van der Waals surface area contributed by atoms with Crippen molar-refractivity contribution >= 4 is 23.4 Å². The second-order valence-corrected chi connectivity index (χ2v) is 8.59. The third-order valence-electron chi connectivity index (χ3n) is 6.70. The number of carbonyl (C=O) groups excluding carboxylic acids is 3. The van der Waals surface area contributed by atoms with E-state index in [1.54, 1.807) is 12.0 Å². The molecule has 7 nitrogen and oxygen atoms in total. The van der Waals surface area contributed by atoms with Crippen molar-refractivity contribution in [3.63, 3.8) is 0 Å². The highest BCUT2D eigenvalue weighted by molar-refractivity contribution is 6.00. The first-order valence-electron chi connectivity index (χ1n) is 11.1. The predicted octanol–water partition coefficient (Wildman–Crippen LogP) is 2.30. The van der Waals surface area contributed by atoms with Gasteiger partial charge >= 0.3 is 0 Å². The van der Waals surface area contributed by atoms with E-state index in [1.165, 1.54) is 6.42 Å². The van der Waals surface area contributed by atoms with Gasteiger partial charge in [-0.2, -0.15) is 0 Å². The van der Waals surface area contributed by atoms with Crippen LogP contribution in [0.3, 0.4) is 0 Å². The Labute approximate surface area is 177 Å². The van der Waals surface area contributed by atoms with Gasteiger partial charge < -0.3 is 19.4 Å². The van der Waals surface area contributed by atoms with Gasteiger partial charge in [0, 0.05) is 56.8 Å². The molecule has 0 aromatic heterocycles. The molecule has 3 fully saturated rings. The number of nitrogens with zero attached hydrogens (tertiary/aromatic N) is 3. The number of amides is 3. The maximum Gasteiger partial charge on any atom is 0.228 e. The largest absolute Gasteiger partial charge is 0.497 e. The lowest BCUT2D eigenvalue weighted by molar-refractivity contribution is -0.144. The van der Waals surface area contributed by atoms with Gasteiger partial charge in [0.05, 0.1) is 13.0 Å². The van der Waals surface area contributed by atoms with Gasteiger partial charge in [-0.25, -0.2) is 0 Å². The fraction of sp³-hybridized carbons (Fsp3) is 0.609. The summed E-state index contributed by atoms with van der Waals surface area (Å²) in [7, 11) is 1.59. The molecule has 0 radical (unpaired) electrons. The van der Waals surface area contributed by atoms with Crippen molar-refractivity contribution in [2.45, 2.75) is 38.5 Å². The number of piperazine rings is 1. The molecule has 1 unspecified atom stereocenters. The van der Waals surface area contributed by atoms with Crippen molar-refractivity contribution in [2.24, 2.45) is 11.8 Å². The van der Waals surface area contributed by atoms with Gasteiger partial charge in [-0.05, 0) is 25.0 Å². The maximum absolute atomic E-state index is 13.0. The Bertz CT molecular complexity index is 797. The summed E-state index contributed by atoms with van der Waals surface area (Å²) in [5.41, 5.74) is 0.762. The summed E-state index contributed by atoms with van der Waals surface area (Å²) in [6.45, 7) is 2.71. The van der Waals surface area contributed by atoms with Crippen molar-refractivity contribution in [1.82, 2.24) is 9.80 Å². The van der Waals surface area contributed by atoms with Crippen LogP contribution in [0.4, 0.5) is 5.69 Å². The average molecular weight is 414 g/mol. The van der Waals surface area contributed by atoms with E-state index in [2.05, 4.69) is 0 Å². The number of ether oxygens (including phenoxy) is 1. The molecule has 0 N–H and O–H groups in total. The molecule has 1 saturated carbocycles. The highest BCUT2D eigenvalue weighted by atomic mass is 16.5. The number of methoxy groups -OCH3 is 1. The topological polar surface area (TPSA) is 70.2 Å². The fourth-order valence-corrected chi connectivity index (χ4v) is 4.91. The molecule has 1 aromatic carbocycles. The Morgan fingerprint density at radius 3 is 2.20 bits per heavy atom. The van der Waals surface area contributed by atoms with Crippen molar-refractivity contribution in [3.8, 4) is 5.75 Å². The molecular formula is C23H31N3O4. The molecule has 0 bridgehead atoms. The molecule has 1 atom stereocenters. The summed E-state index contributed by atoms with van der Waals surface area (Å²) < 4.78 is 5.25. The van der Waals surface area contributed by atoms with Gasteiger partial charge in [-0.15, -0.1) is 0 Å². The minimum atomic E-state index is -0.329. The Balaban J connectivity index is 1.32. The zero-order chi connectivity index (χ0) is 21.1. The molecule has 3 aliphatic rings. The fourth-order valence-electron chi connectivity index (χ4n) is 4.91. The molecule has 0 spiro atoms. The second kappa shape index (κ2) is 9.06. The summed E-state index contributed by atoms with van der Waals surface area (Å²) in [5.74, 6) is 0.788. The summed E-state index contributed by atoms with van der Waals surface area (Å²) in [6.07, 6.45) is 5.77. The lowest BCUT2D eigenvalue weighted by Crippen LogP contribution is -2.53. The zero-order valence-electron chi connectivity index (χ0n) is 17.7. The number of rotatable bonds is 4. The van der Waals surface area contributed by atoms with Crippen LogP contribution in [0, 0.1) is 11.8 Å². The number of anilines is 1. The van der Waals surface area contributed by atoms with Crippen LogP contribution >= 0.6 is 0 Å². The minimum absolute atomic E-state index is 0.0264. The van der Waals surface area contributed by atoms with Crippen LogP contribution in [0.2, 0.25) is 0 Å². The van der Waals surface area contributed by atoms with Crippen LogP contribution in [-0.4, -0.2) is 67.4 Å². The normalized spacial score (nSPS) is 23.0. The number of benzene rings is 1. The minimum Gasteiger partial charge on any atom is -0.497 e. The number of hydrogen-bond donors (Lipinski definition) is 0. The van der Waals surface area contributed by atoms with E-state index < -0.39 is 0 Å². The quantitative estimate of drug-likeness (QED) is 0.760. The third kappa shape index (κ3) is 4.30. The van der Waals surface area contributed by atoms with E-state index >= 15 is 0 Å². The van der Waals surface area contributed by atoms with E-state index in [-0.39, 0.29) is 36.0 Å². The van der Waals surface area contributed by atoms with E-state index in [0.29, 0.717) is 38.5 Å². The Hall–Kier alpha value is -2.57. The van der Waals surface area contributed by atoms with Gasteiger partial charge in [-0.1, -0.05) is 25.3 Å².